The highest BCUT2D eigenvalue weighted by molar-refractivity contribution is 6.64. The number of hydrogen-bond acceptors (Lipinski definition) is 5. The Labute approximate surface area is 242 Å². The van der Waals surface area contributed by atoms with Crippen LogP contribution in [-0.2, 0) is 14.8 Å². The highest BCUT2D eigenvalue weighted by atomic mass is 16.7. The Morgan fingerprint density at radius 3 is 1.66 bits per heavy atom. The summed E-state index contributed by atoms with van der Waals surface area (Å²) in [7, 11) is -0.668. The Morgan fingerprint density at radius 1 is 0.756 bits per heavy atom. The molecule has 3 heterocycles. The number of rotatable bonds is 7. The van der Waals surface area contributed by atoms with Crippen LogP contribution in [0.4, 0.5) is 0 Å². The summed E-state index contributed by atoms with van der Waals surface area (Å²) < 4.78 is 21.3. The molecule has 0 spiro atoms. The van der Waals surface area contributed by atoms with Gasteiger partial charge < -0.3 is 14.0 Å². The molecule has 0 N–H and O–H groups in total. The summed E-state index contributed by atoms with van der Waals surface area (Å²) in [5.41, 5.74) is 2.91. The fraction of sp³-hybridized carbons (Fsp3) is 0.294. The quantitative estimate of drug-likeness (QED) is 0.176. The van der Waals surface area contributed by atoms with Crippen LogP contribution in [0.3, 0.4) is 0 Å². The van der Waals surface area contributed by atoms with Gasteiger partial charge in [-0.05, 0) is 58.2 Å². The van der Waals surface area contributed by atoms with Crippen molar-refractivity contribution in [2.45, 2.75) is 64.4 Å². The molecule has 0 atom stereocenters. The first-order valence-corrected chi connectivity index (χ1v) is 14.2. The summed E-state index contributed by atoms with van der Waals surface area (Å²) in [5.74, 6) is 0.537. The van der Waals surface area contributed by atoms with Gasteiger partial charge in [0, 0.05) is 11.5 Å². The van der Waals surface area contributed by atoms with E-state index in [1.165, 1.54) is 0 Å². The van der Waals surface area contributed by atoms with Crippen LogP contribution in [0.2, 0.25) is 0 Å². The van der Waals surface area contributed by atoms with Crippen molar-refractivity contribution in [3.63, 3.8) is 0 Å². The van der Waals surface area contributed by atoms with Crippen LogP contribution >= 0.6 is 0 Å². The van der Waals surface area contributed by atoms with Crippen LogP contribution in [0, 0.1) is 0 Å². The van der Waals surface area contributed by atoms with E-state index in [-0.39, 0.29) is 6.10 Å². The van der Waals surface area contributed by atoms with Gasteiger partial charge >= 0.3 is 7.12 Å². The summed E-state index contributed by atoms with van der Waals surface area (Å²) >= 11 is 0. The predicted molar refractivity (Wildman–Crippen MR) is 164 cm³/mol. The summed E-state index contributed by atoms with van der Waals surface area (Å²) in [6, 6.07) is 33.5. The molecule has 7 heteroatoms. The third-order valence-electron chi connectivity index (χ3n) is 8.30. The highest BCUT2D eigenvalue weighted by Gasteiger charge is 2.54. The number of ether oxygens (including phenoxy) is 1. The van der Waals surface area contributed by atoms with Gasteiger partial charge in [-0.15, -0.1) is 0 Å². The van der Waals surface area contributed by atoms with Crippen molar-refractivity contribution in [3.05, 3.63) is 120 Å². The number of hydrogen-bond donors (Lipinski definition) is 0. The second kappa shape index (κ2) is 10.2. The van der Waals surface area contributed by atoms with Crippen LogP contribution in [0.15, 0.2) is 103 Å². The first-order chi connectivity index (χ1) is 19.6. The van der Waals surface area contributed by atoms with Gasteiger partial charge in [-0.2, -0.15) is 5.10 Å². The number of pyridine rings is 1. The fourth-order valence-corrected chi connectivity index (χ4v) is 5.61. The zero-order valence-electron chi connectivity index (χ0n) is 24.5. The van der Waals surface area contributed by atoms with Gasteiger partial charge in [0.2, 0.25) is 5.88 Å². The molecule has 3 aromatic carbocycles. The van der Waals surface area contributed by atoms with Gasteiger partial charge in [0.15, 0.2) is 0 Å². The molecule has 1 saturated heterocycles. The third-order valence-corrected chi connectivity index (χ3v) is 8.30. The first-order valence-electron chi connectivity index (χ1n) is 14.2. The van der Waals surface area contributed by atoms with E-state index >= 15 is 0 Å². The van der Waals surface area contributed by atoms with Gasteiger partial charge in [-0.1, -0.05) is 91.0 Å². The molecule has 41 heavy (non-hydrogen) atoms. The van der Waals surface area contributed by atoms with E-state index in [1.807, 2.05) is 44.3 Å². The average molecular weight is 545 g/mol. The monoisotopic (exact) mass is 545 g/mol. The summed E-state index contributed by atoms with van der Waals surface area (Å²) in [6.07, 6.45) is 1.84. The van der Waals surface area contributed by atoms with Gasteiger partial charge in [-0.3, -0.25) is 0 Å². The number of benzene rings is 3. The zero-order valence-corrected chi connectivity index (χ0v) is 24.5. The van der Waals surface area contributed by atoms with Crippen molar-refractivity contribution < 1.29 is 14.0 Å². The molecular formula is C34H36BN3O3. The molecule has 0 aliphatic carbocycles. The van der Waals surface area contributed by atoms with Gasteiger partial charge in [0.1, 0.15) is 11.1 Å². The van der Waals surface area contributed by atoms with Crippen molar-refractivity contribution in [1.29, 1.82) is 0 Å². The molecule has 2 aromatic heterocycles. The van der Waals surface area contributed by atoms with Crippen LogP contribution < -0.4 is 10.3 Å². The predicted octanol–water partition coefficient (Wildman–Crippen LogP) is 6.36. The SMILES string of the molecule is CC(C)Oc1cc2c(B3OC(C)(C)C(C)(C)O3)nn(C(c3ccccc3)(c3ccccc3)c3ccccc3)c2cn1. The second-order valence-electron chi connectivity index (χ2n) is 11.9. The van der Waals surface area contributed by atoms with Gasteiger partial charge in [-0.25, -0.2) is 9.67 Å². The number of fused-ring (bicyclic) bond motifs is 1. The molecule has 0 saturated carbocycles. The van der Waals surface area contributed by atoms with E-state index in [9.17, 15) is 0 Å². The van der Waals surface area contributed by atoms with Gasteiger partial charge in [0.25, 0.3) is 0 Å². The van der Waals surface area contributed by atoms with Gasteiger partial charge in [0.05, 0.1) is 29.0 Å². The van der Waals surface area contributed by atoms with E-state index in [4.69, 9.17) is 24.1 Å². The molecule has 6 rings (SSSR count). The molecule has 208 valence electrons. The fourth-order valence-electron chi connectivity index (χ4n) is 5.61. The lowest BCUT2D eigenvalue weighted by Gasteiger charge is -2.37. The van der Waals surface area contributed by atoms with Crippen molar-refractivity contribution >= 4 is 23.6 Å². The molecule has 1 fully saturated rings. The van der Waals surface area contributed by atoms with E-state index in [0.717, 1.165) is 27.6 Å². The molecule has 5 aromatic rings. The first kappa shape index (κ1) is 27.2. The highest BCUT2D eigenvalue weighted by Crippen LogP contribution is 2.43. The molecule has 1 aliphatic rings. The Morgan fingerprint density at radius 2 is 1.22 bits per heavy atom. The lowest BCUT2D eigenvalue weighted by molar-refractivity contribution is 0.00578. The molecule has 0 amide bonds. The summed E-state index contributed by atoms with van der Waals surface area (Å²) in [6.45, 7) is 12.2. The van der Waals surface area contributed by atoms with Crippen molar-refractivity contribution in [3.8, 4) is 5.88 Å². The van der Waals surface area contributed by atoms with Crippen LogP contribution in [-0.4, -0.2) is 39.2 Å². The maximum Gasteiger partial charge on any atom is 0.517 e. The molecule has 0 radical (unpaired) electrons. The number of nitrogens with zero attached hydrogens (tertiary/aromatic N) is 3. The zero-order chi connectivity index (χ0) is 28.8. The van der Waals surface area contributed by atoms with E-state index < -0.39 is 23.9 Å². The molecular weight excluding hydrogens is 509 g/mol. The standard InChI is InChI=1S/C34H36BN3O3/c1-24(2)39-30-22-28-29(23-36-30)38(37-31(28)35-40-32(3,4)33(5,6)41-35)34(25-16-10-7-11-17-25,26-18-12-8-13-19-26)27-20-14-9-15-21-27/h7-24H,1-6H3. The maximum absolute atomic E-state index is 6.56. The largest absolute Gasteiger partial charge is 0.517 e. The second-order valence-corrected chi connectivity index (χ2v) is 11.9. The van der Waals surface area contributed by atoms with Crippen LogP contribution in [0.1, 0.15) is 58.2 Å². The molecule has 0 unspecified atom stereocenters. The molecule has 1 aliphatic heterocycles. The minimum absolute atomic E-state index is 0.0210. The van der Waals surface area contributed by atoms with Crippen LogP contribution in [0.25, 0.3) is 10.9 Å². The Balaban J connectivity index is 1.71. The lowest BCUT2D eigenvalue weighted by Crippen LogP contribution is -2.41. The smallest absolute Gasteiger partial charge is 0.475 e. The minimum atomic E-state index is -0.813. The van der Waals surface area contributed by atoms with E-state index in [0.29, 0.717) is 11.5 Å². The summed E-state index contributed by atoms with van der Waals surface area (Å²) in [4.78, 5) is 4.73. The lowest BCUT2D eigenvalue weighted by atomic mass is 9.77. The minimum Gasteiger partial charge on any atom is -0.475 e. The normalized spacial score (nSPS) is 16.4. The topological polar surface area (TPSA) is 58.4 Å². The van der Waals surface area contributed by atoms with Crippen molar-refractivity contribution in [2.24, 2.45) is 0 Å². The third kappa shape index (κ3) is 4.53. The van der Waals surface area contributed by atoms with E-state index in [2.05, 4.69) is 105 Å². The summed E-state index contributed by atoms with van der Waals surface area (Å²) in [5, 5.41) is 6.27. The number of aromatic nitrogens is 3. The maximum atomic E-state index is 6.56. The van der Waals surface area contributed by atoms with Crippen LogP contribution in [0.5, 0.6) is 5.88 Å². The Kier molecular flexibility index (Phi) is 6.75. The van der Waals surface area contributed by atoms with Crippen molar-refractivity contribution in [2.75, 3.05) is 0 Å². The average Bonchev–Trinajstić information content (AvgIpc) is 3.43. The van der Waals surface area contributed by atoms with Crippen molar-refractivity contribution in [1.82, 2.24) is 14.8 Å². The molecule has 6 nitrogen and oxygen atoms in total. The Bertz CT molecular complexity index is 1540. The molecule has 0 bridgehead atoms. The van der Waals surface area contributed by atoms with E-state index in [1.54, 1.807) is 0 Å². The Hall–Kier alpha value is -3.94.